The summed E-state index contributed by atoms with van der Waals surface area (Å²) in [6, 6.07) is 2.05. The Morgan fingerprint density at radius 2 is 2.12 bits per heavy atom. The number of ether oxygens (including phenoxy) is 2. The second-order valence-electron chi connectivity index (χ2n) is 4.01. The highest BCUT2D eigenvalue weighted by molar-refractivity contribution is 5.17. The van der Waals surface area contributed by atoms with Crippen molar-refractivity contribution in [1.29, 1.82) is 0 Å². The van der Waals surface area contributed by atoms with Gasteiger partial charge in [0.25, 0.3) is 0 Å². The van der Waals surface area contributed by atoms with Gasteiger partial charge in [-0.3, -0.25) is 0 Å². The van der Waals surface area contributed by atoms with Gasteiger partial charge in [-0.2, -0.15) is 0 Å². The van der Waals surface area contributed by atoms with Gasteiger partial charge in [0.1, 0.15) is 6.33 Å². The first-order chi connectivity index (χ1) is 8.22. The fourth-order valence-corrected chi connectivity index (χ4v) is 1.83. The number of rotatable bonds is 7. The lowest BCUT2D eigenvalue weighted by Gasteiger charge is -2.22. The van der Waals surface area contributed by atoms with Crippen LogP contribution in [0.3, 0.4) is 0 Å². The molecule has 1 aromatic rings. The predicted molar refractivity (Wildman–Crippen MR) is 66.0 cm³/mol. The molecule has 17 heavy (non-hydrogen) atoms. The third kappa shape index (κ3) is 3.94. The molecule has 0 saturated carbocycles. The molecule has 1 heterocycles. The number of nitrogens with zero attached hydrogens (tertiary/aromatic N) is 2. The molecule has 0 saturated heterocycles. The van der Waals surface area contributed by atoms with Crippen LogP contribution in [0.1, 0.15) is 25.1 Å². The molecule has 0 fully saturated rings. The lowest BCUT2D eigenvalue weighted by Crippen LogP contribution is -2.25. The summed E-state index contributed by atoms with van der Waals surface area (Å²) < 4.78 is 10.2. The summed E-state index contributed by atoms with van der Waals surface area (Å²) in [6.45, 7) is 2.93. The molecule has 0 amide bonds. The van der Waals surface area contributed by atoms with Crippen LogP contribution in [0.15, 0.2) is 12.4 Å². The molecule has 0 aromatic carbocycles. The zero-order valence-electron chi connectivity index (χ0n) is 10.9. The van der Waals surface area contributed by atoms with E-state index in [2.05, 4.69) is 22.2 Å². The van der Waals surface area contributed by atoms with Crippen molar-refractivity contribution in [1.82, 2.24) is 15.3 Å². The first-order valence-corrected chi connectivity index (χ1v) is 5.75. The third-order valence-electron chi connectivity index (χ3n) is 2.85. The molecule has 1 rings (SSSR count). The van der Waals surface area contributed by atoms with Gasteiger partial charge in [0.05, 0.1) is 18.8 Å². The molecule has 0 aliphatic carbocycles. The van der Waals surface area contributed by atoms with Crippen molar-refractivity contribution in [2.45, 2.75) is 19.4 Å². The summed E-state index contributed by atoms with van der Waals surface area (Å²) in [6.07, 6.45) is 2.51. The van der Waals surface area contributed by atoms with E-state index in [-0.39, 0.29) is 6.04 Å². The maximum Gasteiger partial charge on any atom is 0.216 e. The maximum absolute atomic E-state index is 5.11. The summed E-state index contributed by atoms with van der Waals surface area (Å²) in [5.41, 5.74) is 0.947. The number of nitrogens with one attached hydrogen (secondary N) is 1. The minimum Gasteiger partial charge on any atom is -0.481 e. The molecule has 96 valence electrons. The van der Waals surface area contributed by atoms with Gasteiger partial charge in [-0.05, 0) is 19.4 Å². The standard InChI is InChI=1S/C12H21N3O2/c1-9(5-6-16-3)12(13-2)10-7-11(17-4)15-8-14-10/h7-9,12-13H,5-6H2,1-4H3. The van der Waals surface area contributed by atoms with Gasteiger partial charge < -0.3 is 14.8 Å². The monoisotopic (exact) mass is 239 g/mol. The highest BCUT2D eigenvalue weighted by Gasteiger charge is 2.19. The fraction of sp³-hybridized carbons (Fsp3) is 0.667. The van der Waals surface area contributed by atoms with Crippen LogP contribution in [-0.2, 0) is 4.74 Å². The van der Waals surface area contributed by atoms with Crippen LogP contribution >= 0.6 is 0 Å². The molecule has 1 aromatic heterocycles. The topological polar surface area (TPSA) is 56.3 Å². The van der Waals surface area contributed by atoms with Crippen molar-refractivity contribution in [2.24, 2.45) is 5.92 Å². The van der Waals surface area contributed by atoms with E-state index in [9.17, 15) is 0 Å². The molecule has 0 spiro atoms. The SMILES string of the molecule is CNC(c1cc(OC)ncn1)C(C)CCOC. The average molecular weight is 239 g/mol. The van der Waals surface area contributed by atoms with Crippen molar-refractivity contribution < 1.29 is 9.47 Å². The quantitative estimate of drug-likeness (QED) is 0.780. The lowest BCUT2D eigenvalue weighted by molar-refractivity contribution is 0.171. The minimum atomic E-state index is 0.182. The Labute approximate surface area is 103 Å². The zero-order chi connectivity index (χ0) is 12.7. The smallest absolute Gasteiger partial charge is 0.216 e. The second-order valence-corrected chi connectivity index (χ2v) is 4.01. The van der Waals surface area contributed by atoms with Crippen molar-refractivity contribution in [3.05, 3.63) is 18.1 Å². The van der Waals surface area contributed by atoms with Crippen molar-refractivity contribution >= 4 is 0 Å². The van der Waals surface area contributed by atoms with E-state index in [0.717, 1.165) is 18.7 Å². The van der Waals surface area contributed by atoms with Crippen LogP contribution in [-0.4, -0.2) is 37.8 Å². The van der Waals surface area contributed by atoms with Gasteiger partial charge in [-0.15, -0.1) is 0 Å². The number of hydrogen-bond acceptors (Lipinski definition) is 5. The van der Waals surface area contributed by atoms with E-state index >= 15 is 0 Å². The molecule has 0 bridgehead atoms. The van der Waals surface area contributed by atoms with Crippen molar-refractivity contribution in [3.63, 3.8) is 0 Å². The first kappa shape index (κ1) is 13.9. The lowest BCUT2D eigenvalue weighted by atomic mass is 9.96. The van der Waals surface area contributed by atoms with Crippen molar-refractivity contribution in [3.8, 4) is 5.88 Å². The normalized spacial score (nSPS) is 14.4. The van der Waals surface area contributed by atoms with Gasteiger partial charge in [-0.1, -0.05) is 6.92 Å². The predicted octanol–water partition coefficient (Wildman–Crippen LogP) is 1.42. The van der Waals surface area contributed by atoms with E-state index in [1.807, 2.05) is 13.1 Å². The summed E-state index contributed by atoms with van der Waals surface area (Å²) in [5.74, 6) is 1.02. The van der Waals surface area contributed by atoms with Gasteiger partial charge in [0, 0.05) is 19.8 Å². The third-order valence-corrected chi connectivity index (χ3v) is 2.85. The molecule has 5 nitrogen and oxygen atoms in total. The molecule has 5 heteroatoms. The highest BCUT2D eigenvalue weighted by Crippen LogP contribution is 2.24. The van der Waals surface area contributed by atoms with Crippen LogP contribution < -0.4 is 10.1 Å². The number of hydrogen-bond donors (Lipinski definition) is 1. The Kier molecular flexibility index (Phi) is 5.86. The van der Waals surface area contributed by atoms with E-state index in [4.69, 9.17) is 9.47 Å². The van der Waals surface area contributed by atoms with Crippen LogP contribution in [0.2, 0.25) is 0 Å². The molecule has 0 aliphatic heterocycles. The second kappa shape index (κ2) is 7.19. The summed E-state index contributed by atoms with van der Waals surface area (Å²) in [7, 11) is 5.26. The van der Waals surface area contributed by atoms with E-state index in [1.165, 1.54) is 6.33 Å². The molecule has 0 radical (unpaired) electrons. The largest absolute Gasteiger partial charge is 0.481 e. The Bertz CT molecular complexity index is 333. The van der Waals surface area contributed by atoms with Gasteiger partial charge in [-0.25, -0.2) is 9.97 Å². The minimum absolute atomic E-state index is 0.182. The highest BCUT2D eigenvalue weighted by atomic mass is 16.5. The van der Waals surface area contributed by atoms with E-state index in [1.54, 1.807) is 14.2 Å². The summed E-state index contributed by atoms with van der Waals surface area (Å²) in [5, 5.41) is 3.28. The van der Waals surface area contributed by atoms with Crippen LogP contribution in [0.4, 0.5) is 0 Å². The summed E-state index contributed by atoms with van der Waals surface area (Å²) >= 11 is 0. The molecule has 1 N–H and O–H groups in total. The number of aromatic nitrogens is 2. The average Bonchev–Trinajstić information content (AvgIpc) is 2.37. The number of methoxy groups -OCH3 is 2. The Morgan fingerprint density at radius 3 is 2.71 bits per heavy atom. The summed E-state index contributed by atoms with van der Waals surface area (Å²) in [4.78, 5) is 8.30. The Balaban J connectivity index is 2.77. The van der Waals surface area contributed by atoms with Crippen LogP contribution in [0.5, 0.6) is 5.88 Å². The Hall–Kier alpha value is -1.20. The molecule has 2 unspecified atom stereocenters. The van der Waals surface area contributed by atoms with Crippen molar-refractivity contribution in [2.75, 3.05) is 27.9 Å². The fourth-order valence-electron chi connectivity index (χ4n) is 1.83. The zero-order valence-corrected chi connectivity index (χ0v) is 10.9. The van der Waals surface area contributed by atoms with Gasteiger partial charge >= 0.3 is 0 Å². The molecular formula is C12H21N3O2. The molecular weight excluding hydrogens is 218 g/mol. The maximum atomic E-state index is 5.11. The van der Waals surface area contributed by atoms with Crippen LogP contribution in [0, 0.1) is 5.92 Å². The van der Waals surface area contributed by atoms with Gasteiger partial charge in [0.15, 0.2) is 0 Å². The van der Waals surface area contributed by atoms with Gasteiger partial charge in [0.2, 0.25) is 5.88 Å². The first-order valence-electron chi connectivity index (χ1n) is 5.75. The van der Waals surface area contributed by atoms with E-state index < -0.39 is 0 Å². The molecule has 2 atom stereocenters. The van der Waals surface area contributed by atoms with Crippen LogP contribution in [0.25, 0.3) is 0 Å². The Morgan fingerprint density at radius 1 is 1.35 bits per heavy atom. The molecule has 0 aliphatic rings. The van der Waals surface area contributed by atoms with E-state index in [0.29, 0.717) is 11.8 Å².